The first-order valence-electron chi connectivity index (χ1n) is 5.28. The van der Waals surface area contributed by atoms with Gasteiger partial charge in [-0.05, 0) is 23.8 Å². The van der Waals surface area contributed by atoms with E-state index in [1.807, 2.05) is 0 Å². The van der Waals surface area contributed by atoms with E-state index < -0.39 is 41.8 Å². The summed E-state index contributed by atoms with van der Waals surface area (Å²) in [7, 11) is 0. The molecule has 1 saturated carbocycles. The van der Waals surface area contributed by atoms with E-state index >= 15 is 0 Å². The molecule has 0 aliphatic heterocycles. The molecule has 3 nitrogen and oxygen atoms in total. The van der Waals surface area contributed by atoms with E-state index in [1.54, 1.807) is 0 Å². The SMILES string of the molecule is O=C1CC(C(=O)O)(c2cc(F)cc(C(F)(F)F)c2)C1. The van der Waals surface area contributed by atoms with Gasteiger partial charge in [0.05, 0.1) is 5.56 Å². The topological polar surface area (TPSA) is 54.4 Å². The van der Waals surface area contributed by atoms with Crippen LogP contribution in [0, 0.1) is 5.82 Å². The van der Waals surface area contributed by atoms with Crippen molar-refractivity contribution >= 4 is 11.8 Å². The summed E-state index contributed by atoms with van der Waals surface area (Å²) in [5.74, 6) is -2.98. The van der Waals surface area contributed by atoms with Gasteiger partial charge >= 0.3 is 12.1 Å². The number of Topliss-reactive ketones (excluding diaryl/α,β-unsaturated/α-hetero) is 1. The minimum atomic E-state index is -4.77. The highest BCUT2D eigenvalue weighted by Crippen LogP contribution is 2.43. The number of carbonyl (C=O) groups is 2. The highest BCUT2D eigenvalue weighted by atomic mass is 19.4. The molecule has 0 heterocycles. The molecule has 2 rings (SSSR count). The number of halogens is 4. The maximum atomic E-state index is 13.2. The zero-order valence-electron chi connectivity index (χ0n) is 9.42. The van der Waals surface area contributed by atoms with Crippen LogP contribution in [0.3, 0.4) is 0 Å². The van der Waals surface area contributed by atoms with Crippen molar-refractivity contribution < 1.29 is 32.3 Å². The first-order valence-corrected chi connectivity index (χ1v) is 5.28. The van der Waals surface area contributed by atoms with Crippen molar-refractivity contribution in [3.05, 3.63) is 35.1 Å². The molecule has 1 aliphatic rings. The van der Waals surface area contributed by atoms with Crippen LogP contribution in [0.1, 0.15) is 24.0 Å². The van der Waals surface area contributed by atoms with Gasteiger partial charge in [-0.1, -0.05) is 0 Å². The molecule has 0 spiro atoms. The molecule has 0 radical (unpaired) electrons. The predicted molar refractivity (Wildman–Crippen MR) is 55.0 cm³/mol. The van der Waals surface area contributed by atoms with E-state index in [-0.39, 0.29) is 11.3 Å². The molecule has 1 aromatic carbocycles. The number of carboxylic acid groups (broad SMARTS) is 1. The molecule has 0 aromatic heterocycles. The molecule has 0 saturated heterocycles. The molecule has 1 fully saturated rings. The first kappa shape index (κ1) is 13.5. The third-order valence-electron chi connectivity index (χ3n) is 3.18. The lowest BCUT2D eigenvalue weighted by Gasteiger charge is -2.36. The van der Waals surface area contributed by atoms with Crippen LogP contribution in [0.2, 0.25) is 0 Å². The quantitative estimate of drug-likeness (QED) is 0.844. The van der Waals surface area contributed by atoms with Crippen molar-refractivity contribution in [2.75, 3.05) is 0 Å². The van der Waals surface area contributed by atoms with E-state index in [1.165, 1.54) is 0 Å². The summed E-state index contributed by atoms with van der Waals surface area (Å²) in [4.78, 5) is 22.1. The first-order chi connectivity index (χ1) is 8.65. The number of carboxylic acids is 1. The Hall–Kier alpha value is -1.92. The fraction of sp³-hybridized carbons (Fsp3) is 0.333. The Bertz CT molecular complexity index is 555. The third kappa shape index (κ3) is 2.20. The summed E-state index contributed by atoms with van der Waals surface area (Å²) in [6.07, 6.45) is -5.60. The van der Waals surface area contributed by atoms with Crippen molar-refractivity contribution in [2.24, 2.45) is 0 Å². The highest BCUT2D eigenvalue weighted by Gasteiger charge is 2.52. The standard InChI is InChI=1S/C12H8F4O3/c13-8-2-6(1-7(3-8)12(14,15)16)11(10(18)19)4-9(17)5-11/h1-3H,4-5H2,(H,18,19). The summed E-state index contributed by atoms with van der Waals surface area (Å²) in [6.45, 7) is 0. The summed E-state index contributed by atoms with van der Waals surface area (Å²) < 4.78 is 50.9. The van der Waals surface area contributed by atoms with Gasteiger partial charge in [0.25, 0.3) is 0 Å². The van der Waals surface area contributed by atoms with E-state index in [0.717, 1.165) is 6.07 Å². The third-order valence-corrected chi connectivity index (χ3v) is 3.18. The second-order valence-corrected chi connectivity index (χ2v) is 4.51. The lowest BCUT2D eigenvalue weighted by molar-refractivity contribution is -0.153. The Morgan fingerprint density at radius 3 is 2.21 bits per heavy atom. The van der Waals surface area contributed by atoms with Crippen molar-refractivity contribution in [3.8, 4) is 0 Å². The van der Waals surface area contributed by atoms with Gasteiger partial charge in [0.15, 0.2) is 0 Å². The molecule has 19 heavy (non-hydrogen) atoms. The molecule has 7 heteroatoms. The minimum Gasteiger partial charge on any atom is -0.481 e. The minimum absolute atomic E-state index is 0.291. The highest BCUT2D eigenvalue weighted by molar-refractivity contribution is 6.01. The molecule has 0 unspecified atom stereocenters. The Kier molecular flexibility index (Phi) is 2.87. The average Bonchev–Trinajstić information content (AvgIpc) is 2.21. The van der Waals surface area contributed by atoms with Crippen LogP contribution < -0.4 is 0 Å². The van der Waals surface area contributed by atoms with Crippen LogP contribution >= 0.6 is 0 Å². The monoisotopic (exact) mass is 276 g/mol. The fourth-order valence-electron chi connectivity index (χ4n) is 2.13. The molecule has 0 amide bonds. The zero-order valence-corrected chi connectivity index (χ0v) is 9.42. The Labute approximate surface area is 104 Å². The number of aliphatic carboxylic acids is 1. The van der Waals surface area contributed by atoms with Crippen LogP contribution in [-0.2, 0) is 21.2 Å². The van der Waals surface area contributed by atoms with Gasteiger partial charge in [0.1, 0.15) is 17.0 Å². The number of rotatable bonds is 2. The number of hydrogen-bond acceptors (Lipinski definition) is 2. The molecule has 0 bridgehead atoms. The predicted octanol–water partition coefficient (Wildman–Crippen LogP) is 2.53. The number of hydrogen-bond donors (Lipinski definition) is 1. The Morgan fingerprint density at radius 1 is 1.21 bits per heavy atom. The van der Waals surface area contributed by atoms with Crippen molar-refractivity contribution in [3.63, 3.8) is 0 Å². The van der Waals surface area contributed by atoms with E-state index in [4.69, 9.17) is 5.11 Å². The van der Waals surface area contributed by atoms with Crippen molar-refractivity contribution in [1.82, 2.24) is 0 Å². The summed E-state index contributed by atoms with van der Waals surface area (Å²) >= 11 is 0. The van der Waals surface area contributed by atoms with Gasteiger partial charge in [0, 0.05) is 12.8 Å². The number of alkyl halides is 3. The Balaban J connectivity index is 2.53. The molecule has 0 atom stereocenters. The molecular formula is C12H8F4O3. The maximum absolute atomic E-state index is 13.2. The summed E-state index contributed by atoms with van der Waals surface area (Å²) in [5, 5.41) is 9.08. The van der Waals surface area contributed by atoms with Crippen LogP contribution in [0.15, 0.2) is 18.2 Å². The van der Waals surface area contributed by atoms with Gasteiger partial charge in [-0.25, -0.2) is 4.39 Å². The molecule has 1 aromatic rings. The van der Waals surface area contributed by atoms with Gasteiger partial charge in [-0.15, -0.1) is 0 Å². The molecular weight excluding hydrogens is 268 g/mol. The maximum Gasteiger partial charge on any atom is 0.416 e. The number of benzene rings is 1. The van der Waals surface area contributed by atoms with Crippen molar-refractivity contribution in [1.29, 1.82) is 0 Å². The van der Waals surface area contributed by atoms with Crippen LogP contribution in [0.4, 0.5) is 17.6 Å². The van der Waals surface area contributed by atoms with Gasteiger partial charge in [-0.2, -0.15) is 13.2 Å². The lowest BCUT2D eigenvalue weighted by Crippen LogP contribution is -2.48. The average molecular weight is 276 g/mol. The van der Waals surface area contributed by atoms with Crippen LogP contribution in [0.5, 0.6) is 0 Å². The fourth-order valence-corrected chi connectivity index (χ4v) is 2.13. The second kappa shape index (κ2) is 4.04. The molecule has 1 N–H and O–H groups in total. The second-order valence-electron chi connectivity index (χ2n) is 4.51. The van der Waals surface area contributed by atoms with Crippen LogP contribution in [-0.4, -0.2) is 16.9 Å². The smallest absolute Gasteiger partial charge is 0.416 e. The van der Waals surface area contributed by atoms with Gasteiger partial charge in [0.2, 0.25) is 0 Å². The zero-order chi connectivity index (χ0) is 14.4. The molecule has 102 valence electrons. The van der Waals surface area contributed by atoms with E-state index in [9.17, 15) is 27.2 Å². The summed E-state index contributed by atoms with van der Waals surface area (Å²) in [6, 6.07) is 1.61. The molecule has 1 aliphatic carbocycles. The van der Waals surface area contributed by atoms with Crippen molar-refractivity contribution in [2.45, 2.75) is 24.4 Å². The normalized spacial score (nSPS) is 18.0. The van der Waals surface area contributed by atoms with Gasteiger partial charge < -0.3 is 5.11 Å². The largest absolute Gasteiger partial charge is 0.481 e. The van der Waals surface area contributed by atoms with Gasteiger partial charge in [-0.3, -0.25) is 9.59 Å². The van der Waals surface area contributed by atoms with E-state index in [2.05, 4.69) is 0 Å². The van der Waals surface area contributed by atoms with Crippen LogP contribution in [0.25, 0.3) is 0 Å². The number of ketones is 1. The Morgan fingerprint density at radius 2 is 1.79 bits per heavy atom. The lowest BCUT2D eigenvalue weighted by atomic mass is 9.63. The summed E-state index contributed by atoms with van der Waals surface area (Å²) in [5.41, 5.74) is -3.33. The number of carbonyl (C=O) groups excluding carboxylic acids is 1. The van der Waals surface area contributed by atoms with E-state index in [0.29, 0.717) is 12.1 Å².